The van der Waals surface area contributed by atoms with Crippen LogP contribution in [0.1, 0.15) is 33.6 Å². The van der Waals surface area contributed by atoms with Crippen LogP contribution in [-0.4, -0.2) is 17.0 Å². The van der Waals surface area contributed by atoms with E-state index in [4.69, 9.17) is 4.99 Å². The van der Waals surface area contributed by atoms with Gasteiger partial charge >= 0.3 is 0 Å². The van der Waals surface area contributed by atoms with E-state index in [2.05, 4.69) is 75.1 Å². The second-order valence-corrected chi connectivity index (χ2v) is 8.90. The first-order valence-electron chi connectivity index (χ1n) is 10.2. The molecule has 0 aliphatic heterocycles. The Balaban J connectivity index is 1.65. The summed E-state index contributed by atoms with van der Waals surface area (Å²) in [5.41, 5.74) is 2.41. The summed E-state index contributed by atoms with van der Waals surface area (Å²) in [4.78, 5) is 6.32. The van der Waals surface area contributed by atoms with Crippen molar-refractivity contribution in [3.8, 4) is 0 Å². The van der Waals surface area contributed by atoms with E-state index in [0.29, 0.717) is 12.1 Å². The van der Waals surface area contributed by atoms with Gasteiger partial charge in [-0.3, -0.25) is 4.99 Å². The standard InChI is InChI=1S/C26H29FN2S/c1-5-26(4,17-19(2)28-23-13-9-12-22(27)16-23)29-20(3)18-30-25-15-8-11-21-10-6-7-14-24(21)25/h6-16,28H,2,5,17-18H2,1,3-4H3. The molecular weight excluding hydrogens is 391 g/mol. The van der Waals surface area contributed by atoms with Crippen LogP contribution in [-0.2, 0) is 0 Å². The van der Waals surface area contributed by atoms with Gasteiger partial charge in [-0.25, -0.2) is 4.39 Å². The second-order valence-electron chi connectivity index (χ2n) is 7.88. The van der Waals surface area contributed by atoms with Crippen molar-refractivity contribution in [3.05, 3.63) is 84.8 Å². The fraction of sp³-hybridized carbons (Fsp3) is 0.269. The summed E-state index contributed by atoms with van der Waals surface area (Å²) >= 11 is 1.82. The minimum Gasteiger partial charge on any atom is -0.359 e. The van der Waals surface area contributed by atoms with Gasteiger partial charge in [-0.2, -0.15) is 0 Å². The van der Waals surface area contributed by atoms with Crippen molar-refractivity contribution in [3.63, 3.8) is 0 Å². The maximum absolute atomic E-state index is 13.4. The first-order valence-corrected chi connectivity index (χ1v) is 11.2. The Bertz CT molecular complexity index is 1050. The number of halogens is 1. The van der Waals surface area contributed by atoms with Crippen LogP contribution in [0.15, 0.2) is 88.9 Å². The van der Waals surface area contributed by atoms with E-state index >= 15 is 0 Å². The van der Waals surface area contributed by atoms with Crippen molar-refractivity contribution >= 4 is 33.9 Å². The number of benzene rings is 3. The van der Waals surface area contributed by atoms with Gasteiger partial charge in [0.2, 0.25) is 0 Å². The van der Waals surface area contributed by atoms with Crippen LogP contribution in [0.2, 0.25) is 0 Å². The van der Waals surface area contributed by atoms with Gasteiger partial charge in [0.15, 0.2) is 0 Å². The molecule has 0 radical (unpaired) electrons. The van der Waals surface area contributed by atoms with Gasteiger partial charge in [-0.05, 0) is 55.3 Å². The highest BCUT2D eigenvalue weighted by Gasteiger charge is 2.22. The lowest BCUT2D eigenvalue weighted by molar-refractivity contribution is 0.453. The molecule has 1 N–H and O–H groups in total. The molecule has 0 spiro atoms. The minimum absolute atomic E-state index is 0.249. The third-order valence-corrected chi connectivity index (χ3v) is 6.38. The Morgan fingerprint density at radius 2 is 1.83 bits per heavy atom. The molecule has 0 amide bonds. The molecule has 0 aliphatic carbocycles. The molecule has 4 heteroatoms. The summed E-state index contributed by atoms with van der Waals surface area (Å²) in [6, 6.07) is 21.3. The molecule has 3 aromatic rings. The number of nitrogens with zero attached hydrogens (tertiary/aromatic N) is 1. The molecule has 3 aromatic carbocycles. The topological polar surface area (TPSA) is 24.4 Å². The molecule has 2 nitrogen and oxygen atoms in total. The summed E-state index contributed by atoms with van der Waals surface area (Å²) in [6.07, 6.45) is 1.59. The molecule has 0 heterocycles. The van der Waals surface area contributed by atoms with Gasteiger partial charge < -0.3 is 5.32 Å². The Kier molecular flexibility index (Phi) is 7.33. The third-order valence-electron chi connectivity index (χ3n) is 5.15. The largest absolute Gasteiger partial charge is 0.359 e. The summed E-state index contributed by atoms with van der Waals surface area (Å²) < 4.78 is 13.4. The van der Waals surface area contributed by atoms with E-state index in [-0.39, 0.29) is 11.4 Å². The van der Waals surface area contributed by atoms with Crippen molar-refractivity contribution in [2.75, 3.05) is 11.1 Å². The number of thioether (sulfide) groups is 1. The smallest absolute Gasteiger partial charge is 0.125 e. The number of rotatable bonds is 9. The highest BCUT2D eigenvalue weighted by molar-refractivity contribution is 8.00. The van der Waals surface area contributed by atoms with Crippen LogP contribution in [0.3, 0.4) is 0 Å². The lowest BCUT2D eigenvalue weighted by Crippen LogP contribution is -2.25. The molecule has 30 heavy (non-hydrogen) atoms. The van der Waals surface area contributed by atoms with Gasteiger partial charge in [-0.15, -0.1) is 11.8 Å². The van der Waals surface area contributed by atoms with Gasteiger partial charge in [-0.1, -0.05) is 56.0 Å². The Hall–Kier alpha value is -2.59. The third kappa shape index (κ3) is 5.96. The number of hydrogen-bond donors (Lipinski definition) is 1. The molecule has 0 saturated carbocycles. The summed E-state index contributed by atoms with van der Waals surface area (Å²) in [7, 11) is 0. The lowest BCUT2D eigenvalue weighted by Gasteiger charge is -2.26. The van der Waals surface area contributed by atoms with Crippen LogP contribution in [0.5, 0.6) is 0 Å². The highest BCUT2D eigenvalue weighted by atomic mass is 32.2. The van der Waals surface area contributed by atoms with Crippen LogP contribution < -0.4 is 5.32 Å². The molecule has 3 rings (SSSR count). The Labute approximate surface area is 183 Å². The van der Waals surface area contributed by atoms with Gasteiger partial charge in [0, 0.05) is 34.2 Å². The van der Waals surface area contributed by atoms with Gasteiger partial charge in [0.25, 0.3) is 0 Å². The zero-order valence-electron chi connectivity index (χ0n) is 17.9. The van der Waals surface area contributed by atoms with Crippen LogP contribution in [0.25, 0.3) is 10.8 Å². The molecule has 1 unspecified atom stereocenters. The van der Waals surface area contributed by atoms with Crippen LogP contribution >= 0.6 is 11.8 Å². The van der Waals surface area contributed by atoms with Crippen molar-refractivity contribution in [1.29, 1.82) is 0 Å². The Morgan fingerprint density at radius 1 is 1.10 bits per heavy atom. The predicted octanol–water partition coefficient (Wildman–Crippen LogP) is 7.72. The van der Waals surface area contributed by atoms with E-state index in [0.717, 1.165) is 23.6 Å². The highest BCUT2D eigenvalue weighted by Crippen LogP contribution is 2.29. The van der Waals surface area contributed by atoms with Crippen LogP contribution in [0.4, 0.5) is 10.1 Å². The summed E-state index contributed by atoms with van der Waals surface area (Å²) in [5, 5.41) is 5.76. The van der Waals surface area contributed by atoms with Crippen molar-refractivity contribution in [2.45, 2.75) is 44.0 Å². The van der Waals surface area contributed by atoms with E-state index < -0.39 is 0 Å². The molecule has 0 fully saturated rings. The molecule has 0 aliphatic rings. The SMILES string of the molecule is C=C(CC(C)(CC)N=C(C)CSc1cccc2ccccc12)Nc1cccc(F)c1. The molecule has 0 saturated heterocycles. The van der Waals surface area contributed by atoms with Gasteiger partial charge in [0.1, 0.15) is 5.82 Å². The van der Waals surface area contributed by atoms with E-state index in [9.17, 15) is 4.39 Å². The van der Waals surface area contributed by atoms with Crippen molar-refractivity contribution < 1.29 is 4.39 Å². The molecule has 0 aromatic heterocycles. The molecule has 0 bridgehead atoms. The number of aliphatic imine (C=N–C) groups is 1. The number of hydrogen-bond acceptors (Lipinski definition) is 3. The van der Waals surface area contributed by atoms with Gasteiger partial charge in [0.05, 0.1) is 5.54 Å². The maximum atomic E-state index is 13.4. The van der Waals surface area contributed by atoms with Crippen molar-refractivity contribution in [2.24, 2.45) is 4.99 Å². The first-order chi connectivity index (χ1) is 14.4. The van der Waals surface area contributed by atoms with Crippen LogP contribution in [0, 0.1) is 5.82 Å². The number of fused-ring (bicyclic) bond motifs is 1. The number of anilines is 1. The van der Waals surface area contributed by atoms with E-state index in [1.165, 1.54) is 27.8 Å². The predicted molar refractivity (Wildman–Crippen MR) is 130 cm³/mol. The molecular formula is C26H29FN2S. The monoisotopic (exact) mass is 420 g/mol. The zero-order valence-corrected chi connectivity index (χ0v) is 18.7. The average molecular weight is 421 g/mol. The molecule has 1 atom stereocenters. The normalized spacial score (nSPS) is 13.8. The zero-order chi connectivity index (χ0) is 21.6. The molecule has 156 valence electrons. The Morgan fingerprint density at radius 3 is 2.60 bits per heavy atom. The minimum atomic E-state index is -0.259. The summed E-state index contributed by atoms with van der Waals surface area (Å²) in [5.74, 6) is 0.582. The van der Waals surface area contributed by atoms with E-state index in [1.807, 2.05) is 17.8 Å². The maximum Gasteiger partial charge on any atom is 0.125 e. The second kappa shape index (κ2) is 9.94. The fourth-order valence-corrected chi connectivity index (χ4v) is 4.46. The summed E-state index contributed by atoms with van der Waals surface area (Å²) in [6.45, 7) is 10.5. The first kappa shape index (κ1) is 22.1. The fourth-order valence-electron chi connectivity index (χ4n) is 3.51. The van der Waals surface area contributed by atoms with Crippen molar-refractivity contribution in [1.82, 2.24) is 0 Å². The number of nitrogens with one attached hydrogen (secondary N) is 1. The quantitative estimate of drug-likeness (QED) is 0.283. The average Bonchev–Trinajstić information content (AvgIpc) is 2.72. The lowest BCUT2D eigenvalue weighted by atomic mass is 9.93. The van der Waals surface area contributed by atoms with E-state index in [1.54, 1.807) is 6.07 Å².